The van der Waals surface area contributed by atoms with Gasteiger partial charge >= 0.3 is 12.2 Å². The molecule has 0 bridgehead atoms. The minimum atomic E-state index is -4.84. The molecule has 2 heterocycles. The predicted octanol–water partition coefficient (Wildman–Crippen LogP) is 6.02. The first kappa shape index (κ1) is 29.0. The summed E-state index contributed by atoms with van der Waals surface area (Å²) in [5, 5.41) is 7.00. The van der Waals surface area contributed by atoms with Crippen molar-refractivity contribution in [3.05, 3.63) is 71.0 Å². The Kier molecular flexibility index (Phi) is 9.33. The third kappa shape index (κ3) is 7.54. The van der Waals surface area contributed by atoms with Gasteiger partial charge in [0.25, 0.3) is 5.91 Å². The van der Waals surface area contributed by atoms with Gasteiger partial charge in [0.1, 0.15) is 29.4 Å². The standard InChI is InChI=1S/C27H27ClF3N5O4/c1-32-25(37)22-16-19(9-10-33-22)40-18-6-4-5-17(15-18)34-26(38)35-21-8-7-20(28)24(23(21)27(29,30)31)39-14-13-36-11-2-3-12-36/h4-10,15-16H,2-3,11-14H2,1H3,(H,32,37)(H2,34,35,38). The Morgan fingerprint density at radius 3 is 2.52 bits per heavy atom. The van der Waals surface area contributed by atoms with Gasteiger partial charge in [-0.05, 0) is 56.3 Å². The predicted molar refractivity (Wildman–Crippen MR) is 144 cm³/mol. The minimum Gasteiger partial charge on any atom is -0.490 e. The highest BCUT2D eigenvalue weighted by Gasteiger charge is 2.39. The maximum atomic E-state index is 14.1. The molecule has 0 saturated carbocycles. The van der Waals surface area contributed by atoms with E-state index in [1.807, 2.05) is 0 Å². The molecule has 1 fully saturated rings. The number of urea groups is 1. The summed E-state index contributed by atoms with van der Waals surface area (Å²) >= 11 is 6.08. The SMILES string of the molecule is CNC(=O)c1cc(Oc2cccc(NC(=O)Nc3ccc(Cl)c(OCCN4CCCC4)c3C(F)(F)F)c2)ccn1. The number of anilines is 2. The van der Waals surface area contributed by atoms with Crippen LogP contribution >= 0.6 is 11.6 Å². The number of carbonyl (C=O) groups excluding carboxylic acids is 2. The Balaban J connectivity index is 1.46. The van der Waals surface area contributed by atoms with Crippen molar-refractivity contribution in [2.45, 2.75) is 19.0 Å². The molecule has 1 aromatic heterocycles. The van der Waals surface area contributed by atoms with Crippen molar-refractivity contribution in [2.24, 2.45) is 0 Å². The summed E-state index contributed by atoms with van der Waals surface area (Å²) in [5.74, 6) is -0.292. The van der Waals surface area contributed by atoms with Crippen LogP contribution in [0.4, 0.5) is 29.3 Å². The van der Waals surface area contributed by atoms with Crippen molar-refractivity contribution < 1.29 is 32.2 Å². The van der Waals surface area contributed by atoms with E-state index in [1.54, 1.807) is 18.2 Å². The van der Waals surface area contributed by atoms with E-state index >= 15 is 0 Å². The van der Waals surface area contributed by atoms with E-state index < -0.39 is 35.1 Å². The molecule has 3 N–H and O–H groups in total. The molecule has 3 amide bonds. The smallest absolute Gasteiger partial charge is 0.422 e. The number of rotatable bonds is 9. The Hall–Kier alpha value is -4.03. The molecule has 0 atom stereocenters. The van der Waals surface area contributed by atoms with Crippen LogP contribution < -0.4 is 25.4 Å². The van der Waals surface area contributed by atoms with E-state index in [-0.39, 0.29) is 23.0 Å². The van der Waals surface area contributed by atoms with Crippen molar-refractivity contribution in [3.63, 3.8) is 0 Å². The lowest BCUT2D eigenvalue weighted by atomic mass is 10.1. The normalized spacial score (nSPS) is 13.5. The number of ether oxygens (including phenoxy) is 2. The molecule has 212 valence electrons. The molecule has 3 aromatic rings. The second kappa shape index (κ2) is 12.9. The fraction of sp³-hybridized carbons (Fsp3) is 0.296. The van der Waals surface area contributed by atoms with Crippen LogP contribution in [-0.4, -0.2) is 55.1 Å². The van der Waals surface area contributed by atoms with Crippen LogP contribution in [0.3, 0.4) is 0 Å². The number of nitrogens with one attached hydrogen (secondary N) is 3. The van der Waals surface area contributed by atoms with E-state index in [0.29, 0.717) is 18.0 Å². The molecule has 9 nitrogen and oxygen atoms in total. The molecule has 40 heavy (non-hydrogen) atoms. The summed E-state index contributed by atoms with van der Waals surface area (Å²) in [6.07, 6.45) is -1.35. The monoisotopic (exact) mass is 577 g/mol. The van der Waals surface area contributed by atoms with Crippen LogP contribution in [0.5, 0.6) is 17.2 Å². The number of benzene rings is 2. The molecule has 4 rings (SSSR count). The summed E-state index contributed by atoms with van der Waals surface area (Å²) in [6.45, 7) is 2.23. The summed E-state index contributed by atoms with van der Waals surface area (Å²) in [6, 6.07) is 10.6. The maximum Gasteiger partial charge on any atom is 0.422 e. The Morgan fingerprint density at radius 1 is 1.05 bits per heavy atom. The summed E-state index contributed by atoms with van der Waals surface area (Å²) in [5.41, 5.74) is -1.27. The third-order valence-electron chi connectivity index (χ3n) is 6.01. The van der Waals surface area contributed by atoms with Crippen LogP contribution in [0.2, 0.25) is 5.02 Å². The lowest BCUT2D eigenvalue weighted by molar-refractivity contribution is -0.138. The van der Waals surface area contributed by atoms with Gasteiger partial charge < -0.3 is 25.4 Å². The zero-order valence-electron chi connectivity index (χ0n) is 21.5. The first-order chi connectivity index (χ1) is 19.1. The molecular weight excluding hydrogens is 551 g/mol. The topological polar surface area (TPSA) is 105 Å². The number of pyridine rings is 1. The molecule has 0 radical (unpaired) electrons. The summed E-state index contributed by atoms with van der Waals surface area (Å²) < 4.78 is 53.5. The lowest BCUT2D eigenvalue weighted by Gasteiger charge is -2.21. The fourth-order valence-corrected chi connectivity index (χ4v) is 4.36. The Labute approximate surface area is 233 Å². The molecule has 0 aliphatic carbocycles. The number of hydrogen-bond acceptors (Lipinski definition) is 6. The number of carbonyl (C=O) groups is 2. The Morgan fingerprint density at radius 2 is 1.80 bits per heavy atom. The second-order valence-corrected chi connectivity index (χ2v) is 9.27. The fourth-order valence-electron chi connectivity index (χ4n) is 4.15. The molecule has 1 aliphatic rings. The highest BCUT2D eigenvalue weighted by molar-refractivity contribution is 6.32. The van der Waals surface area contributed by atoms with E-state index in [4.69, 9.17) is 21.1 Å². The van der Waals surface area contributed by atoms with E-state index in [0.717, 1.165) is 32.0 Å². The first-order valence-corrected chi connectivity index (χ1v) is 12.8. The molecule has 0 unspecified atom stereocenters. The zero-order valence-corrected chi connectivity index (χ0v) is 22.2. The van der Waals surface area contributed by atoms with E-state index in [2.05, 4.69) is 25.8 Å². The summed E-state index contributed by atoms with van der Waals surface area (Å²) in [4.78, 5) is 30.6. The van der Waals surface area contributed by atoms with Crippen LogP contribution in [0.25, 0.3) is 0 Å². The molecular formula is C27H27ClF3N5O4. The number of alkyl halides is 3. The van der Waals surface area contributed by atoms with Gasteiger partial charge in [-0.25, -0.2) is 4.79 Å². The van der Waals surface area contributed by atoms with Crippen molar-refractivity contribution >= 4 is 34.9 Å². The maximum absolute atomic E-state index is 14.1. The van der Waals surface area contributed by atoms with Crippen molar-refractivity contribution in [1.82, 2.24) is 15.2 Å². The molecule has 1 aliphatic heterocycles. The molecule has 13 heteroatoms. The zero-order chi connectivity index (χ0) is 28.7. The average Bonchev–Trinajstić information content (AvgIpc) is 3.43. The largest absolute Gasteiger partial charge is 0.490 e. The van der Waals surface area contributed by atoms with E-state index in [1.165, 1.54) is 37.5 Å². The number of likely N-dealkylation sites (tertiary alicyclic amines) is 1. The van der Waals surface area contributed by atoms with Gasteiger partial charge in [0.2, 0.25) is 0 Å². The van der Waals surface area contributed by atoms with Gasteiger partial charge in [-0.2, -0.15) is 13.2 Å². The van der Waals surface area contributed by atoms with Gasteiger partial charge in [-0.15, -0.1) is 0 Å². The minimum absolute atomic E-state index is 0.0212. The van der Waals surface area contributed by atoms with E-state index in [9.17, 15) is 22.8 Å². The highest BCUT2D eigenvalue weighted by atomic mass is 35.5. The third-order valence-corrected chi connectivity index (χ3v) is 6.31. The van der Waals surface area contributed by atoms with Crippen molar-refractivity contribution in [1.29, 1.82) is 0 Å². The number of halogens is 4. The molecule has 2 aromatic carbocycles. The quantitative estimate of drug-likeness (QED) is 0.287. The number of amides is 3. The number of hydrogen-bond donors (Lipinski definition) is 3. The molecule has 0 spiro atoms. The van der Waals surface area contributed by atoms with Crippen LogP contribution in [0.15, 0.2) is 54.7 Å². The van der Waals surface area contributed by atoms with Gasteiger partial charge in [0.05, 0.1) is 10.7 Å². The van der Waals surface area contributed by atoms with Gasteiger partial charge in [0, 0.05) is 37.6 Å². The van der Waals surface area contributed by atoms with Crippen LogP contribution in [0, 0.1) is 0 Å². The molecule has 1 saturated heterocycles. The lowest BCUT2D eigenvalue weighted by Crippen LogP contribution is -2.26. The summed E-state index contributed by atoms with van der Waals surface area (Å²) in [7, 11) is 1.48. The number of nitrogens with zero attached hydrogens (tertiary/aromatic N) is 2. The number of aromatic nitrogens is 1. The first-order valence-electron chi connectivity index (χ1n) is 12.4. The average molecular weight is 578 g/mol. The van der Waals surface area contributed by atoms with Crippen LogP contribution in [-0.2, 0) is 6.18 Å². The van der Waals surface area contributed by atoms with Gasteiger partial charge in [-0.3, -0.25) is 14.7 Å². The highest BCUT2D eigenvalue weighted by Crippen LogP contribution is 2.45. The van der Waals surface area contributed by atoms with Gasteiger partial charge in [-0.1, -0.05) is 17.7 Å². The van der Waals surface area contributed by atoms with Crippen molar-refractivity contribution in [3.8, 4) is 17.2 Å². The van der Waals surface area contributed by atoms with Crippen LogP contribution in [0.1, 0.15) is 28.9 Å². The Bertz CT molecular complexity index is 1370. The second-order valence-electron chi connectivity index (χ2n) is 8.86. The van der Waals surface area contributed by atoms with Gasteiger partial charge in [0.15, 0.2) is 5.75 Å². The van der Waals surface area contributed by atoms with Crippen molar-refractivity contribution in [2.75, 3.05) is 43.9 Å².